The topological polar surface area (TPSA) is 80.7 Å². The fraction of sp³-hybridized carbons (Fsp3) is 0.923. The molecule has 0 aliphatic carbocycles. The van der Waals surface area contributed by atoms with Gasteiger partial charge in [-0.15, -0.1) is 0 Å². The van der Waals surface area contributed by atoms with E-state index in [0.29, 0.717) is 6.42 Å². The van der Waals surface area contributed by atoms with Crippen LogP contribution < -0.4 is 0 Å². The third kappa shape index (κ3) is 18.4. The van der Waals surface area contributed by atoms with Gasteiger partial charge in [-0.1, -0.05) is 45.4 Å². The molecule has 0 amide bonds. The van der Waals surface area contributed by atoms with Crippen molar-refractivity contribution in [2.24, 2.45) is 0 Å². The quantitative estimate of drug-likeness (QED) is 0.259. The van der Waals surface area contributed by atoms with E-state index in [0.717, 1.165) is 19.3 Å². The van der Waals surface area contributed by atoms with Crippen LogP contribution in [0.25, 0.3) is 0 Å². The van der Waals surface area contributed by atoms with Gasteiger partial charge in [-0.3, -0.25) is 9.35 Å². The summed E-state index contributed by atoms with van der Waals surface area (Å²) in [7, 11) is -3.95. The molecule has 0 unspecified atom stereocenters. The second-order valence-electron chi connectivity index (χ2n) is 4.73. The normalized spacial score (nSPS) is 10.9. The third-order valence-electron chi connectivity index (χ3n) is 2.79. The van der Waals surface area contributed by atoms with Crippen LogP contribution in [0.4, 0.5) is 0 Å². The molecule has 115 valence electrons. The number of carbonyl (C=O) groups excluding carboxylic acids is 1. The zero-order valence-corrected chi connectivity index (χ0v) is 15.6. The summed E-state index contributed by atoms with van der Waals surface area (Å²) in [6.07, 6.45) is 8.52. The monoisotopic (exact) mass is 317 g/mol. The van der Waals surface area contributed by atoms with Crippen molar-refractivity contribution in [2.45, 2.75) is 64.7 Å². The van der Waals surface area contributed by atoms with Gasteiger partial charge in [0.15, 0.2) is 0 Å². The van der Waals surface area contributed by atoms with Crippen LogP contribution in [-0.2, 0) is 19.6 Å². The van der Waals surface area contributed by atoms with Crippen molar-refractivity contribution >= 4 is 45.6 Å². The molecule has 0 atom stereocenters. The van der Waals surface area contributed by atoms with Crippen LogP contribution in [0.15, 0.2) is 0 Å². The second kappa shape index (κ2) is 14.3. The molecule has 1 N–H and O–H groups in total. The summed E-state index contributed by atoms with van der Waals surface area (Å²) in [6.45, 7) is 2.23. The molecule has 0 fully saturated rings. The first-order valence-corrected chi connectivity index (χ1v) is 8.67. The number of ether oxygens (including phenoxy) is 1. The Kier molecular flexibility index (Phi) is 16.2. The minimum absolute atomic E-state index is 0. The first-order chi connectivity index (χ1) is 8.95. The Morgan fingerprint density at radius 2 is 1.55 bits per heavy atom. The molecule has 0 saturated carbocycles. The van der Waals surface area contributed by atoms with Gasteiger partial charge in [-0.2, -0.15) is 8.42 Å². The standard InChI is InChI=1S/C13H26O5S.Na/c1-2-3-4-5-6-7-8-10-13(14)18-11-9-12-19(15,16)17;/h2-12H2,1H3,(H,15,16,17);. The molecule has 0 aliphatic rings. The Bertz CT molecular complexity index is 330. The van der Waals surface area contributed by atoms with E-state index in [1.807, 2.05) is 0 Å². The van der Waals surface area contributed by atoms with Crippen molar-refractivity contribution < 1.29 is 22.5 Å². The van der Waals surface area contributed by atoms with Crippen LogP contribution in [0.5, 0.6) is 0 Å². The largest absolute Gasteiger partial charge is 0.466 e. The Morgan fingerprint density at radius 1 is 1.00 bits per heavy atom. The average Bonchev–Trinajstić information content (AvgIpc) is 2.32. The van der Waals surface area contributed by atoms with Crippen LogP contribution in [-0.4, -0.2) is 60.9 Å². The fourth-order valence-corrected chi connectivity index (χ4v) is 2.21. The van der Waals surface area contributed by atoms with E-state index >= 15 is 0 Å². The summed E-state index contributed by atoms with van der Waals surface area (Å²) in [5.41, 5.74) is 0. The molecule has 0 aromatic heterocycles. The minimum Gasteiger partial charge on any atom is -0.466 e. The summed E-state index contributed by atoms with van der Waals surface area (Å²) in [4.78, 5) is 11.3. The smallest absolute Gasteiger partial charge is 0.305 e. The minimum atomic E-state index is -3.95. The SMILES string of the molecule is CCCCCCCCCC(=O)OCCCS(=O)(=O)O.[Na]. The molecule has 0 bridgehead atoms. The van der Waals surface area contributed by atoms with Crippen LogP contribution in [0.2, 0.25) is 0 Å². The van der Waals surface area contributed by atoms with E-state index < -0.39 is 10.1 Å². The number of esters is 1. The van der Waals surface area contributed by atoms with Gasteiger partial charge in [-0.25, -0.2) is 0 Å². The van der Waals surface area contributed by atoms with E-state index in [1.54, 1.807) is 0 Å². The van der Waals surface area contributed by atoms with Gasteiger partial charge in [0, 0.05) is 36.0 Å². The average molecular weight is 317 g/mol. The maximum Gasteiger partial charge on any atom is 0.305 e. The van der Waals surface area contributed by atoms with Gasteiger partial charge < -0.3 is 4.74 Å². The molecular formula is C13H26NaO5S. The van der Waals surface area contributed by atoms with E-state index in [-0.39, 0.29) is 54.3 Å². The van der Waals surface area contributed by atoms with Crippen LogP contribution in [0.1, 0.15) is 64.7 Å². The van der Waals surface area contributed by atoms with E-state index in [4.69, 9.17) is 9.29 Å². The zero-order chi connectivity index (χ0) is 14.6. The van der Waals surface area contributed by atoms with Crippen LogP contribution in [0, 0.1) is 0 Å². The number of hydrogen-bond donors (Lipinski definition) is 1. The van der Waals surface area contributed by atoms with Crippen molar-refractivity contribution in [2.75, 3.05) is 12.4 Å². The Labute approximate surface area is 144 Å². The third-order valence-corrected chi connectivity index (χ3v) is 3.60. The first-order valence-electron chi connectivity index (χ1n) is 7.06. The molecule has 20 heavy (non-hydrogen) atoms. The van der Waals surface area contributed by atoms with Crippen molar-refractivity contribution in [1.82, 2.24) is 0 Å². The van der Waals surface area contributed by atoms with Gasteiger partial charge in [0.2, 0.25) is 0 Å². The van der Waals surface area contributed by atoms with Gasteiger partial charge in [-0.05, 0) is 12.8 Å². The molecule has 0 spiro atoms. The van der Waals surface area contributed by atoms with Gasteiger partial charge >= 0.3 is 5.97 Å². The molecule has 0 heterocycles. The Balaban J connectivity index is 0. The van der Waals surface area contributed by atoms with Crippen molar-refractivity contribution in [1.29, 1.82) is 0 Å². The number of carbonyl (C=O) groups is 1. The van der Waals surface area contributed by atoms with Gasteiger partial charge in [0.25, 0.3) is 10.1 Å². The van der Waals surface area contributed by atoms with Crippen molar-refractivity contribution in [3.8, 4) is 0 Å². The summed E-state index contributed by atoms with van der Waals surface area (Å²) in [5.74, 6) is -0.651. The molecule has 0 rings (SSSR count). The van der Waals surface area contributed by atoms with E-state index in [1.165, 1.54) is 25.7 Å². The Morgan fingerprint density at radius 3 is 2.10 bits per heavy atom. The van der Waals surface area contributed by atoms with Crippen LogP contribution in [0.3, 0.4) is 0 Å². The maximum atomic E-state index is 11.3. The maximum absolute atomic E-state index is 11.3. The molecule has 0 saturated heterocycles. The number of rotatable bonds is 12. The zero-order valence-electron chi connectivity index (χ0n) is 12.8. The first kappa shape index (κ1) is 22.7. The molecule has 0 aliphatic heterocycles. The number of hydrogen-bond acceptors (Lipinski definition) is 4. The Hall–Kier alpha value is 0.380. The summed E-state index contributed by atoms with van der Waals surface area (Å²) in [6, 6.07) is 0. The fourth-order valence-electron chi connectivity index (χ4n) is 1.73. The predicted octanol–water partition coefficient (Wildman–Crippen LogP) is 2.57. The van der Waals surface area contributed by atoms with E-state index in [9.17, 15) is 13.2 Å². The van der Waals surface area contributed by atoms with Gasteiger partial charge in [0.1, 0.15) is 0 Å². The van der Waals surface area contributed by atoms with Crippen LogP contribution >= 0.6 is 0 Å². The van der Waals surface area contributed by atoms with Crippen molar-refractivity contribution in [3.05, 3.63) is 0 Å². The van der Waals surface area contributed by atoms with E-state index in [2.05, 4.69) is 6.92 Å². The second-order valence-corrected chi connectivity index (χ2v) is 6.30. The molecule has 1 radical (unpaired) electrons. The summed E-state index contributed by atoms with van der Waals surface area (Å²) >= 11 is 0. The summed E-state index contributed by atoms with van der Waals surface area (Å²) in [5, 5.41) is 0. The van der Waals surface area contributed by atoms with Gasteiger partial charge in [0.05, 0.1) is 12.4 Å². The molecule has 7 heteroatoms. The summed E-state index contributed by atoms with van der Waals surface area (Å²) < 4.78 is 34.2. The number of unbranched alkanes of at least 4 members (excludes halogenated alkanes) is 6. The molecule has 5 nitrogen and oxygen atoms in total. The molecule has 0 aromatic carbocycles. The molecule has 0 aromatic rings. The van der Waals surface area contributed by atoms with Crippen molar-refractivity contribution in [3.63, 3.8) is 0 Å². The molecular weight excluding hydrogens is 291 g/mol. The predicted molar refractivity (Wildman–Crippen MR) is 80.4 cm³/mol.